The Bertz CT molecular complexity index is 952. The number of aromatic nitrogens is 2. The normalized spacial score (nSPS) is 10.5. The molecule has 1 heterocycles. The Morgan fingerprint density at radius 3 is 2.43 bits per heavy atom. The average molecular weight is 397 g/mol. The van der Waals surface area contributed by atoms with Gasteiger partial charge in [-0.15, -0.1) is 10.2 Å². The van der Waals surface area contributed by atoms with Gasteiger partial charge in [0.05, 0.1) is 12.9 Å². The summed E-state index contributed by atoms with van der Waals surface area (Å²) in [4.78, 5) is 23.3. The lowest BCUT2D eigenvalue weighted by Crippen LogP contribution is -2.18. The van der Waals surface area contributed by atoms with Crippen LogP contribution >= 0.6 is 11.8 Å². The molecule has 3 rings (SSSR count). The average Bonchev–Trinajstić information content (AvgIpc) is 3.20. The van der Waals surface area contributed by atoms with Gasteiger partial charge in [-0.05, 0) is 29.8 Å². The van der Waals surface area contributed by atoms with Crippen molar-refractivity contribution >= 4 is 23.5 Å². The van der Waals surface area contributed by atoms with Crippen LogP contribution in [0.25, 0.3) is 11.5 Å². The van der Waals surface area contributed by atoms with Gasteiger partial charge in [0.25, 0.3) is 5.22 Å². The minimum absolute atomic E-state index is 0.0414. The molecule has 0 unspecified atom stereocenters. The van der Waals surface area contributed by atoms with E-state index in [9.17, 15) is 9.59 Å². The lowest BCUT2D eigenvalue weighted by molar-refractivity contribution is -0.119. The first-order valence-electron chi connectivity index (χ1n) is 8.52. The number of hydrogen-bond acceptors (Lipinski definition) is 7. The number of Topliss-reactive ketones (excluding diaryl/α,β-unsaturated/α-hetero) is 1. The molecule has 0 radical (unpaired) electrons. The molecule has 144 valence electrons. The molecule has 0 bridgehead atoms. The third-order valence-corrected chi connectivity index (χ3v) is 4.71. The van der Waals surface area contributed by atoms with E-state index in [0.717, 1.165) is 16.9 Å². The highest BCUT2D eigenvalue weighted by atomic mass is 32.2. The van der Waals surface area contributed by atoms with E-state index < -0.39 is 0 Å². The maximum Gasteiger partial charge on any atom is 0.277 e. The van der Waals surface area contributed by atoms with Crippen LogP contribution in [-0.2, 0) is 11.3 Å². The van der Waals surface area contributed by atoms with Crippen LogP contribution in [0.15, 0.2) is 58.2 Å². The second kappa shape index (κ2) is 9.18. The monoisotopic (exact) mass is 397 g/mol. The molecule has 0 fully saturated rings. The van der Waals surface area contributed by atoms with Crippen molar-refractivity contribution in [3.05, 3.63) is 59.7 Å². The molecule has 8 heteroatoms. The first-order valence-corrected chi connectivity index (χ1v) is 9.51. The fourth-order valence-electron chi connectivity index (χ4n) is 2.36. The second-order valence-electron chi connectivity index (χ2n) is 5.92. The molecule has 2 aromatic carbocycles. The molecule has 0 saturated heterocycles. The van der Waals surface area contributed by atoms with Crippen molar-refractivity contribution in [2.45, 2.75) is 18.7 Å². The number of rotatable bonds is 8. The third-order valence-electron chi connectivity index (χ3n) is 3.89. The van der Waals surface area contributed by atoms with Gasteiger partial charge in [0.1, 0.15) is 5.75 Å². The summed E-state index contributed by atoms with van der Waals surface area (Å²) >= 11 is 1.19. The summed E-state index contributed by atoms with van der Waals surface area (Å²) in [6, 6.07) is 14.4. The summed E-state index contributed by atoms with van der Waals surface area (Å²) in [6.45, 7) is 1.90. The van der Waals surface area contributed by atoms with Gasteiger partial charge in [-0.1, -0.05) is 36.0 Å². The van der Waals surface area contributed by atoms with Crippen LogP contribution < -0.4 is 10.1 Å². The summed E-state index contributed by atoms with van der Waals surface area (Å²) in [5.74, 6) is 1.19. The molecule has 1 amide bonds. The van der Waals surface area contributed by atoms with Crippen LogP contribution in [-0.4, -0.2) is 34.8 Å². The standard InChI is InChI=1S/C20H19N3O4S/c1-13(24)21-11-14-3-5-15(6-4-14)18(25)12-28-20-23-22-19(27-20)16-7-9-17(26-2)10-8-16/h3-10H,11-12H2,1-2H3,(H,21,24). The van der Waals surface area contributed by atoms with E-state index in [4.69, 9.17) is 9.15 Å². The summed E-state index contributed by atoms with van der Waals surface area (Å²) in [5.41, 5.74) is 2.30. The van der Waals surface area contributed by atoms with E-state index in [1.807, 2.05) is 36.4 Å². The van der Waals surface area contributed by atoms with Gasteiger partial charge in [-0.3, -0.25) is 9.59 Å². The molecule has 28 heavy (non-hydrogen) atoms. The number of nitrogens with one attached hydrogen (secondary N) is 1. The van der Waals surface area contributed by atoms with E-state index in [1.165, 1.54) is 18.7 Å². The number of carbonyl (C=O) groups excluding carboxylic acids is 2. The van der Waals surface area contributed by atoms with Crippen LogP contribution in [0, 0.1) is 0 Å². The van der Waals surface area contributed by atoms with E-state index in [-0.39, 0.29) is 17.4 Å². The molecule has 0 spiro atoms. The van der Waals surface area contributed by atoms with Gasteiger partial charge in [-0.2, -0.15) is 0 Å². The zero-order chi connectivity index (χ0) is 19.9. The number of ketones is 1. The lowest BCUT2D eigenvalue weighted by atomic mass is 10.1. The van der Waals surface area contributed by atoms with Crippen molar-refractivity contribution in [1.29, 1.82) is 0 Å². The molecule has 0 aliphatic rings. The molecule has 1 N–H and O–H groups in total. The van der Waals surface area contributed by atoms with Crippen molar-refractivity contribution in [1.82, 2.24) is 15.5 Å². The molecular formula is C20H19N3O4S. The number of carbonyl (C=O) groups is 2. The summed E-state index contributed by atoms with van der Waals surface area (Å²) in [7, 11) is 1.60. The topological polar surface area (TPSA) is 94.3 Å². The van der Waals surface area contributed by atoms with Crippen molar-refractivity contribution in [2.75, 3.05) is 12.9 Å². The fourth-order valence-corrected chi connectivity index (χ4v) is 3.02. The number of ether oxygens (including phenoxy) is 1. The summed E-state index contributed by atoms with van der Waals surface area (Å²) in [6.07, 6.45) is 0. The number of benzene rings is 2. The van der Waals surface area contributed by atoms with Crippen molar-refractivity contribution in [2.24, 2.45) is 0 Å². The van der Waals surface area contributed by atoms with E-state index in [2.05, 4.69) is 15.5 Å². The highest BCUT2D eigenvalue weighted by Gasteiger charge is 2.12. The first kappa shape index (κ1) is 19.6. The van der Waals surface area contributed by atoms with E-state index in [1.54, 1.807) is 19.2 Å². The molecule has 3 aromatic rings. The lowest BCUT2D eigenvalue weighted by Gasteiger charge is -2.04. The smallest absolute Gasteiger partial charge is 0.277 e. The van der Waals surface area contributed by atoms with Gasteiger partial charge in [0.2, 0.25) is 11.8 Å². The maximum absolute atomic E-state index is 12.3. The predicted molar refractivity (Wildman–Crippen MR) is 105 cm³/mol. The predicted octanol–water partition coefficient (Wildman–Crippen LogP) is 3.36. The molecule has 1 aromatic heterocycles. The van der Waals surface area contributed by atoms with Crippen LogP contribution in [0.3, 0.4) is 0 Å². The maximum atomic E-state index is 12.3. The Kier molecular flexibility index (Phi) is 6.44. The Balaban J connectivity index is 1.55. The molecular weight excluding hydrogens is 378 g/mol. The number of thioether (sulfide) groups is 1. The number of methoxy groups -OCH3 is 1. The van der Waals surface area contributed by atoms with Gasteiger partial charge >= 0.3 is 0 Å². The largest absolute Gasteiger partial charge is 0.497 e. The Labute approximate surface area is 166 Å². The minimum atomic E-state index is -0.0925. The van der Waals surface area contributed by atoms with E-state index >= 15 is 0 Å². The zero-order valence-corrected chi connectivity index (χ0v) is 16.3. The number of amides is 1. The van der Waals surface area contributed by atoms with Crippen LogP contribution in [0.4, 0.5) is 0 Å². The highest BCUT2D eigenvalue weighted by Crippen LogP contribution is 2.25. The quantitative estimate of drug-likeness (QED) is 0.460. The van der Waals surface area contributed by atoms with Gasteiger partial charge < -0.3 is 14.5 Å². The fraction of sp³-hybridized carbons (Fsp3) is 0.200. The molecule has 0 saturated carbocycles. The van der Waals surface area contributed by atoms with Gasteiger partial charge in [0, 0.05) is 24.6 Å². The highest BCUT2D eigenvalue weighted by molar-refractivity contribution is 7.99. The van der Waals surface area contributed by atoms with Crippen LogP contribution in [0.2, 0.25) is 0 Å². The Hall–Kier alpha value is -3.13. The molecule has 0 aliphatic heterocycles. The van der Waals surface area contributed by atoms with Gasteiger partial charge in [0.15, 0.2) is 5.78 Å². The number of hydrogen-bond donors (Lipinski definition) is 1. The molecule has 0 atom stereocenters. The number of nitrogens with zero attached hydrogens (tertiary/aromatic N) is 2. The SMILES string of the molecule is COc1ccc(-c2nnc(SCC(=O)c3ccc(CNC(C)=O)cc3)o2)cc1. The second-order valence-corrected chi connectivity index (χ2v) is 6.85. The Morgan fingerprint density at radius 1 is 1.07 bits per heavy atom. The van der Waals surface area contributed by atoms with Crippen molar-refractivity contribution in [3.63, 3.8) is 0 Å². The van der Waals surface area contributed by atoms with Crippen molar-refractivity contribution in [3.8, 4) is 17.2 Å². The van der Waals surface area contributed by atoms with Crippen LogP contribution in [0.1, 0.15) is 22.8 Å². The molecule has 7 nitrogen and oxygen atoms in total. The third kappa shape index (κ3) is 5.20. The van der Waals surface area contributed by atoms with Crippen LogP contribution in [0.5, 0.6) is 5.75 Å². The first-order chi connectivity index (χ1) is 13.5. The molecule has 0 aliphatic carbocycles. The van der Waals surface area contributed by atoms with E-state index in [0.29, 0.717) is 23.2 Å². The van der Waals surface area contributed by atoms with Crippen molar-refractivity contribution < 1.29 is 18.7 Å². The summed E-state index contributed by atoms with van der Waals surface area (Å²) < 4.78 is 10.7. The Morgan fingerprint density at radius 2 is 1.79 bits per heavy atom. The minimum Gasteiger partial charge on any atom is -0.497 e. The van der Waals surface area contributed by atoms with Gasteiger partial charge in [-0.25, -0.2) is 0 Å². The zero-order valence-electron chi connectivity index (χ0n) is 15.5. The summed E-state index contributed by atoms with van der Waals surface area (Å²) in [5, 5.41) is 11.0.